The molecule has 0 unspecified atom stereocenters. The van der Waals surface area contributed by atoms with Crippen LogP contribution in [0.4, 0.5) is 5.69 Å². The quantitative estimate of drug-likeness (QED) is 0.775. The van der Waals surface area contributed by atoms with Gasteiger partial charge in [-0.15, -0.1) is 0 Å². The monoisotopic (exact) mass is 415 g/mol. The molecule has 1 amide bonds. The fourth-order valence-corrected chi connectivity index (χ4v) is 4.25. The van der Waals surface area contributed by atoms with Crippen LogP contribution in [0.25, 0.3) is 0 Å². The second-order valence-electron chi connectivity index (χ2n) is 5.45. The van der Waals surface area contributed by atoms with E-state index < -0.39 is 15.9 Å². The van der Waals surface area contributed by atoms with Crippen molar-refractivity contribution in [3.05, 3.63) is 52.3 Å². The summed E-state index contributed by atoms with van der Waals surface area (Å²) in [6.07, 6.45) is 1.46. The van der Waals surface area contributed by atoms with E-state index in [1.54, 1.807) is 6.07 Å². The molecular weight excluding hydrogens is 401 g/mol. The van der Waals surface area contributed by atoms with Crippen molar-refractivity contribution in [1.82, 2.24) is 9.29 Å². The molecule has 0 aliphatic carbocycles. The Bertz CT molecular complexity index is 931. The Morgan fingerprint density at radius 3 is 2.62 bits per heavy atom. The van der Waals surface area contributed by atoms with Gasteiger partial charge in [-0.2, -0.15) is 4.31 Å². The summed E-state index contributed by atoms with van der Waals surface area (Å²) in [5.41, 5.74) is 0.331. The number of benzene rings is 1. The summed E-state index contributed by atoms with van der Waals surface area (Å²) in [6.45, 7) is 1.24. The van der Waals surface area contributed by atoms with E-state index in [4.69, 9.17) is 27.9 Å². The van der Waals surface area contributed by atoms with E-state index in [9.17, 15) is 13.2 Å². The maximum Gasteiger partial charge on any atom is 0.258 e. The van der Waals surface area contributed by atoms with Gasteiger partial charge in [0.05, 0.1) is 34.4 Å². The predicted molar refractivity (Wildman–Crippen MR) is 98.2 cm³/mol. The van der Waals surface area contributed by atoms with Gasteiger partial charge in [-0.05, 0) is 30.3 Å². The lowest BCUT2D eigenvalue weighted by atomic mass is 10.2. The molecule has 0 bridgehead atoms. The molecule has 2 aromatic rings. The molecule has 1 saturated heterocycles. The van der Waals surface area contributed by atoms with Crippen molar-refractivity contribution in [2.75, 3.05) is 31.6 Å². The highest BCUT2D eigenvalue weighted by molar-refractivity contribution is 7.89. The van der Waals surface area contributed by atoms with Gasteiger partial charge in [-0.3, -0.25) is 4.79 Å². The normalized spacial score (nSPS) is 15.6. The Kier molecular flexibility index (Phi) is 5.79. The first kappa shape index (κ1) is 19.1. The number of halogens is 2. The standard InChI is InChI=1S/C16H15Cl2N3O4S/c17-13-4-3-11(26(23,24)21-6-8-25-9-7-21)10-14(13)20-16(22)12-2-1-5-19-15(12)18/h1-5,10H,6-9H2,(H,20,22). The number of rotatable bonds is 4. The molecule has 0 saturated carbocycles. The molecule has 138 valence electrons. The third kappa shape index (κ3) is 3.99. The lowest BCUT2D eigenvalue weighted by Crippen LogP contribution is -2.40. The molecule has 1 N–H and O–H groups in total. The van der Waals surface area contributed by atoms with Gasteiger partial charge < -0.3 is 10.1 Å². The van der Waals surface area contributed by atoms with Crippen molar-refractivity contribution in [3.8, 4) is 0 Å². The van der Waals surface area contributed by atoms with Crippen LogP contribution in [-0.4, -0.2) is 49.9 Å². The minimum Gasteiger partial charge on any atom is -0.379 e. The molecule has 1 aromatic carbocycles. The first-order valence-electron chi connectivity index (χ1n) is 7.69. The summed E-state index contributed by atoms with van der Waals surface area (Å²) in [5.74, 6) is -0.536. The van der Waals surface area contributed by atoms with Crippen LogP contribution < -0.4 is 5.32 Å². The lowest BCUT2D eigenvalue weighted by Gasteiger charge is -2.26. The maximum absolute atomic E-state index is 12.7. The molecule has 2 heterocycles. The number of anilines is 1. The molecule has 3 rings (SSSR count). The van der Waals surface area contributed by atoms with Crippen LogP contribution in [0.1, 0.15) is 10.4 Å². The zero-order chi connectivity index (χ0) is 18.7. The Morgan fingerprint density at radius 1 is 1.19 bits per heavy atom. The minimum absolute atomic E-state index is 0.0383. The van der Waals surface area contributed by atoms with E-state index in [1.165, 1.54) is 34.8 Å². The smallest absolute Gasteiger partial charge is 0.258 e. The number of hydrogen-bond donors (Lipinski definition) is 1. The van der Waals surface area contributed by atoms with E-state index in [0.29, 0.717) is 13.2 Å². The zero-order valence-corrected chi connectivity index (χ0v) is 15.8. The van der Waals surface area contributed by atoms with Gasteiger partial charge >= 0.3 is 0 Å². The molecule has 7 nitrogen and oxygen atoms in total. The van der Waals surface area contributed by atoms with Crippen LogP contribution in [0.3, 0.4) is 0 Å². The van der Waals surface area contributed by atoms with E-state index in [0.717, 1.165) is 0 Å². The van der Waals surface area contributed by atoms with Crippen molar-refractivity contribution in [2.24, 2.45) is 0 Å². The number of hydrogen-bond acceptors (Lipinski definition) is 5. The van der Waals surface area contributed by atoms with E-state index >= 15 is 0 Å². The second kappa shape index (κ2) is 7.89. The number of aromatic nitrogens is 1. The summed E-state index contributed by atoms with van der Waals surface area (Å²) in [4.78, 5) is 16.3. The topological polar surface area (TPSA) is 88.6 Å². The minimum atomic E-state index is -3.70. The zero-order valence-electron chi connectivity index (χ0n) is 13.5. The Hall–Kier alpha value is -1.71. The molecule has 1 aromatic heterocycles. The molecule has 0 radical (unpaired) electrons. The van der Waals surface area contributed by atoms with Gasteiger partial charge in [0.1, 0.15) is 5.15 Å². The number of ether oxygens (including phenoxy) is 1. The molecule has 0 spiro atoms. The number of sulfonamides is 1. The summed E-state index contributed by atoms with van der Waals surface area (Å²) >= 11 is 12.0. The van der Waals surface area contributed by atoms with Gasteiger partial charge in [0.25, 0.3) is 5.91 Å². The van der Waals surface area contributed by atoms with Gasteiger partial charge in [0.15, 0.2) is 0 Å². The average Bonchev–Trinajstić information content (AvgIpc) is 2.64. The first-order chi connectivity index (χ1) is 12.4. The fraction of sp³-hybridized carbons (Fsp3) is 0.250. The average molecular weight is 416 g/mol. The predicted octanol–water partition coefficient (Wildman–Crippen LogP) is 2.66. The molecule has 1 fully saturated rings. The SMILES string of the molecule is O=C(Nc1cc(S(=O)(=O)N2CCOCC2)ccc1Cl)c1cccnc1Cl. The lowest BCUT2D eigenvalue weighted by molar-refractivity contribution is 0.0730. The van der Waals surface area contributed by atoms with Gasteiger partial charge in [0, 0.05) is 19.3 Å². The highest BCUT2D eigenvalue weighted by Crippen LogP contribution is 2.28. The molecule has 26 heavy (non-hydrogen) atoms. The third-order valence-electron chi connectivity index (χ3n) is 3.80. The Labute approximate surface area is 160 Å². The van der Waals surface area contributed by atoms with E-state index in [-0.39, 0.29) is 39.4 Å². The van der Waals surface area contributed by atoms with Gasteiger partial charge in [-0.25, -0.2) is 13.4 Å². The summed E-state index contributed by atoms with van der Waals surface area (Å²) in [6, 6.07) is 7.24. The fourth-order valence-electron chi connectivity index (χ4n) is 2.44. The number of nitrogens with zero attached hydrogens (tertiary/aromatic N) is 2. The number of morpholine rings is 1. The summed E-state index contributed by atoms with van der Waals surface area (Å²) < 4.78 is 32.0. The van der Waals surface area contributed by atoms with Crippen LogP contribution >= 0.6 is 23.2 Å². The number of carbonyl (C=O) groups excluding carboxylic acids is 1. The van der Waals surface area contributed by atoms with Crippen molar-refractivity contribution in [2.45, 2.75) is 4.90 Å². The van der Waals surface area contributed by atoms with Gasteiger partial charge in [-0.1, -0.05) is 23.2 Å². The van der Waals surface area contributed by atoms with Gasteiger partial charge in [0.2, 0.25) is 10.0 Å². The van der Waals surface area contributed by atoms with E-state index in [1.807, 2.05) is 0 Å². The highest BCUT2D eigenvalue weighted by Gasteiger charge is 2.27. The van der Waals surface area contributed by atoms with Crippen LogP contribution in [0.15, 0.2) is 41.4 Å². The third-order valence-corrected chi connectivity index (χ3v) is 6.32. The second-order valence-corrected chi connectivity index (χ2v) is 8.16. The van der Waals surface area contributed by atoms with Crippen molar-refractivity contribution >= 4 is 44.8 Å². The van der Waals surface area contributed by atoms with Crippen LogP contribution in [0, 0.1) is 0 Å². The molecule has 1 aliphatic rings. The molecular formula is C16H15Cl2N3O4S. The molecule has 0 atom stereocenters. The number of amides is 1. The first-order valence-corrected chi connectivity index (χ1v) is 9.88. The summed E-state index contributed by atoms with van der Waals surface area (Å²) in [5, 5.41) is 2.83. The largest absolute Gasteiger partial charge is 0.379 e. The van der Waals surface area contributed by atoms with Crippen molar-refractivity contribution in [3.63, 3.8) is 0 Å². The number of pyridine rings is 1. The van der Waals surface area contributed by atoms with Crippen LogP contribution in [0.5, 0.6) is 0 Å². The van der Waals surface area contributed by atoms with Crippen molar-refractivity contribution in [1.29, 1.82) is 0 Å². The number of nitrogens with one attached hydrogen (secondary N) is 1. The Morgan fingerprint density at radius 2 is 1.92 bits per heavy atom. The summed E-state index contributed by atoms with van der Waals surface area (Å²) in [7, 11) is -3.70. The van der Waals surface area contributed by atoms with E-state index in [2.05, 4.69) is 10.3 Å². The maximum atomic E-state index is 12.7. The van der Waals surface area contributed by atoms with Crippen molar-refractivity contribution < 1.29 is 17.9 Å². The highest BCUT2D eigenvalue weighted by atomic mass is 35.5. The molecule has 10 heteroatoms. The number of carbonyl (C=O) groups is 1. The Balaban J connectivity index is 1.88. The molecule has 1 aliphatic heterocycles. The van der Waals surface area contributed by atoms with Crippen LogP contribution in [0.2, 0.25) is 10.2 Å². The van der Waals surface area contributed by atoms with Crippen LogP contribution in [-0.2, 0) is 14.8 Å².